The summed E-state index contributed by atoms with van der Waals surface area (Å²) in [6.45, 7) is 4.71. The fourth-order valence-electron chi connectivity index (χ4n) is 2.01. The highest BCUT2D eigenvalue weighted by atomic mass is 16.5. The molecule has 0 aliphatic carbocycles. The van der Waals surface area contributed by atoms with Gasteiger partial charge in [-0.1, -0.05) is 12.1 Å². The van der Waals surface area contributed by atoms with Gasteiger partial charge in [-0.15, -0.1) is 0 Å². The molecule has 1 amide bonds. The van der Waals surface area contributed by atoms with E-state index in [4.69, 9.17) is 4.74 Å². The first-order valence-corrected chi connectivity index (χ1v) is 7.33. The van der Waals surface area contributed by atoms with Crippen LogP contribution in [-0.2, 0) is 14.3 Å². The number of hydrogen-bond donors (Lipinski definition) is 1. The standard InChI is InChI=1S/C16H24N2O4/c1-5-21-13-9-7-12(8-10-13)14(18(3)4)11-17-15(19)16(20)22-6-2/h7-10,14H,5-6,11H2,1-4H3,(H,17,19). The molecular formula is C16H24N2O4. The lowest BCUT2D eigenvalue weighted by molar-refractivity contribution is -0.154. The monoisotopic (exact) mass is 308 g/mol. The van der Waals surface area contributed by atoms with Gasteiger partial charge in [0.15, 0.2) is 0 Å². The maximum absolute atomic E-state index is 11.6. The SMILES string of the molecule is CCOC(=O)C(=O)NCC(c1ccc(OCC)cc1)N(C)C. The predicted octanol–water partition coefficient (Wildman–Crippen LogP) is 1.37. The van der Waals surface area contributed by atoms with Crippen LogP contribution in [0, 0.1) is 0 Å². The van der Waals surface area contributed by atoms with E-state index in [1.165, 1.54) is 0 Å². The summed E-state index contributed by atoms with van der Waals surface area (Å²) >= 11 is 0. The third kappa shape index (κ3) is 5.37. The van der Waals surface area contributed by atoms with Crippen molar-refractivity contribution < 1.29 is 19.1 Å². The highest BCUT2D eigenvalue weighted by Crippen LogP contribution is 2.20. The molecule has 0 aromatic heterocycles. The molecule has 0 radical (unpaired) electrons. The Morgan fingerprint density at radius 2 is 1.77 bits per heavy atom. The van der Waals surface area contributed by atoms with Crippen molar-refractivity contribution in [3.63, 3.8) is 0 Å². The number of carbonyl (C=O) groups excluding carboxylic acids is 2. The summed E-state index contributed by atoms with van der Waals surface area (Å²) in [4.78, 5) is 24.9. The summed E-state index contributed by atoms with van der Waals surface area (Å²) in [7, 11) is 3.83. The second-order valence-electron chi connectivity index (χ2n) is 4.91. The van der Waals surface area contributed by atoms with Gasteiger partial charge >= 0.3 is 11.9 Å². The van der Waals surface area contributed by atoms with Crippen LogP contribution in [0.3, 0.4) is 0 Å². The Balaban J connectivity index is 2.69. The Morgan fingerprint density at radius 1 is 1.14 bits per heavy atom. The van der Waals surface area contributed by atoms with E-state index < -0.39 is 11.9 Å². The summed E-state index contributed by atoms with van der Waals surface area (Å²) in [6, 6.07) is 7.64. The largest absolute Gasteiger partial charge is 0.494 e. The van der Waals surface area contributed by atoms with Crippen molar-refractivity contribution in [2.45, 2.75) is 19.9 Å². The van der Waals surface area contributed by atoms with E-state index in [1.54, 1.807) is 6.92 Å². The summed E-state index contributed by atoms with van der Waals surface area (Å²) < 4.78 is 10.1. The molecule has 0 spiro atoms. The van der Waals surface area contributed by atoms with Crippen LogP contribution in [0.2, 0.25) is 0 Å². The van der Waals surface area contributed by atoms with E-state index in [9.17, 15) is 9.59 Å². The summed E-state index contributed by atoms with van der Waals surface area (Å²) in [5, 5.41) is 2.60. The van der Waals surface area contributed by atoms with E-state index in [1.807, 2.05) is 50.2 Å². The smallest absolute Gasteiger partial charge is 0.396 e. The van der Waals surface area contributed by atoms with Crippen molar-refractivity contribution in [3.05, 3.63) is 29.8 Å². The molecule has 0 saturated heterocycles. The van der Waals surface area contributed by atoms with E-state index in [2.05, 4.69) is 10.1 Å². The van der Waals surface area contributed by atoms with Crippen LogP contribution in [0.25, 0.3) is 0 Å². The van der Waals surface area contributed by atoms with Gasteiger partial charge in [0.2, 0.25) is 0 Å². The van der Waals surface area contributed by atoms with Crippen LogP contribution in [0.1, 0.15) is 25.5 Å². The highest BCUT2D eigenvalue weighted by Gasteiger charge is 2.19. The number of likely N-dealkylation sites (N-methyl/N-ethyl adjacent to an activating group) is 1. The van der Waals surface area contributed by atoms with Gasteiger partial charge in [0.25, 0.3) is 0 Å². The number of benzene rings is 1. The maximum atomic E-state index is 11.6. The van der Waals surface area contributed by atoms with Gasteiger partial charge in [-0.25, -0.2) is 4.79 Å². The van der Waals surface area contributed by atoms with Crippen LogP contribution >= 0.6 is 0 Å². The van der Waals surface area contributed by atoms with Gasteiger partial charge in [-0.05, 0) is 45.6 Å². The van der Waals surface area contributed by atoms with Crippen molar-refractivity contribution in [2.75, 3.05) is 33.9 Å². The second kappa shape index (κ2) is 9.04. The Kier molecular flexibility index (Phi) is 7.39. The molecule has 122 valence electrons. The fraction of sp³-hybridized carbons (Fsp3) is 0.500. The van der Waals surface area contributed by atoms with Crippen molar-refractivity contribution in [1.82, 2.24) is 10.2 Å². The maximum Gasteiger partial charge on any atom is 0.396 e. The molecule has 0 heterocycles. The Morgan fingerprint density at radius 3 is 2.27 bits per heavy atom. The van der Waals surface area contributed by atoms with Crippen LogP contribution < -0.4 is 10.1 Å². The molecule has 1 aromatic carbocycles. The summed E-state index contributed by atoms with van der Waals surface area (Å²) in [5.74, 6) is -0.773. The number of amides is 1. The molecule has 0 aliphatic heterocycles. The van der Waals surface area contributed by atoms with E-state index in [-0.39, 0.29) is 12.6 Å². The molecular weight excluding hydrogens is 284 g/mol. The van der Waals surface area contributed by atoms with Crippen molar-refractivity contribution in [3.8, 4) is 5.75 Å². The second-order valence-corrected chi connectivity index (χ2v) is 4.91. The molecule has 1 rings (SSSR count). The molecule has 0 aliphatic rings. The molecule has 1 aromatic rings. The summed E-state index contributed by atoms with van der Waals surface area (Å²) in [6.07, 6.45) is 0. The lowest BCUT2D eigenvalue weighted by Gasteiger charge is -2.25. The number of carbonyl (C=O) groups is 2. The average Bonchev–Trinajstić information content (AvgIpc) is 2.49. The highest BCUT2D eigenvalue weighted by molar-refractivity contribution is 6.32. The molecule has 22 heavy (non-hydrogen) atoms. The minimum Gasteiger partial charge on any atom is -0.494 e. The van der Waals surface area contributed by atoms with Crippen LogP contribution in [0.4, 0.5) is 0 Å². The normalized spacial score (nSPS) is 11.9. The molecule has 6 heteroatoms. The quantitative estimate of drug-likeness (QED) is 0.608. The third-order valence-corrected chi connectivity index (χ3v) is 3.12. The zero-order valence-corrected chi connectivity index (χ0v) is 13.6. The van der Waals surface area contributed by atoms with Gasteiger partial charge in [0.1, 0.15) is 5.75 Å². The Bertz CT molecular complexity index is 485. The van der Waals surface area contributed by atoms with E-state index >= 15 is 0 Å². The van der Waals surface area contributed by atoms with Gasteiger partial charge in [-0.2, -0.15) is 0 Å². The van der Waals surface area contributed by atoms with Gasteiger partial charge in [-0.3, -0.25) is 4.79 Å². The molecule has 0 saturated carbocycles. The first kappa shape index (κ1) is 18.0. The molecule has 0 bridgehead atoms. The predicted molar refractivity (Wildman–Crippen MR) is 83.7 cm³/mol. The van der Waals surface area contributed by atoms with Crippen molar-refractivity contribution in [2.24, 2.45) is 0 Å². The van der Waals surface area contributed by atoms with Gasteiger partial charge in [0.05, 0.1) is 19.3 Å². The Labute approximate surface area is 131 Å². The fourth-order valence-corrected chi connectivity index (χ4v) is 2.01. The zero-order chi connectivity index (χ0) is 16.5. The molecule has 1 unspecified atom stereocenters. The molecule has 6 nitrogen and oxygen atoms in total. The average molecular weight is 308 g/mol. The van der Waals surface area contributed by atoms with E-state index in [0.717, 1.165) is 11.3 Å². The van der Waals surface area contributed by atoms with Crippen LogP contribution in [0.15, 0.2) is 24.3 Å². The van der Waals surface area contributed by atoms with Crippen LogP contribution in [-0.4, -0.2) is 50.6 Å². The number of ether oxygens (including phenoxy) is 2. The number of hydrogen-bond acceptors (Lipinski definition) is 5. The lowest BCUT2D eigenvalue weighted by atomic mass is 10.1. The number of nitrogens with one attached hydrogen (secondary N) is 1. The Hall–Kier alpha value is -2.08. The molecule has 1 N–H and O–H groups in total. The zero-order valence-electron chi connectivity index (χ0n) is 13.6. The number of nitrogens with zero attached hydrogens (tertiary/aromatic N) is 1. The van der Waals surface area contributed by atoms with Crippen molar-refractivity contribution in [1.29, 1.82) is 0 Å². The van der Waals surface area contributed by atoms with Crippen LogP contribution in [0.5, 0.6) is 5.75 Å². The van der Waals surface area contributed by atoms with Gasteiger partial charge < -0.3 is 19.7 Å². The molecule has 0 fully saturated rings. The first-order valence-electron chi connectivity index (χ1n) is 7.33. The topological polar surface area (TPSA) is 67.9 Å². The van der Waals surface area contributed by atoms with Gasteiger partial charge in [0, 0.05) is 6.54 Å². The lowest BCUT2D eigenvalue weighted by Crippen LogP contribution is -2.38. The summed E-state index contributed by atoms with van der Waals surface area (Å²) in [5.41, 5.74) is 1.03. The third-order valence-electron chi connectivity index (χ3n) is 3.12. The number of esters is 1. The minimum absolute atomic E-state index is 0.0472. The first-order chi connectivity index (χ1) is 10.5. The molecule has 1 atom stereocenters. The number of rotatable bonds is 7. The van der Waals surface area contributed by atoms with Crippen molar-refractivity contribution >= 4 is 11.9 Å². The van der Waals surface area contributed by atoms with E-state index in [0.29, 0.717) is 13.2 Å². The minimum atomic E-state index is -0.855.